The molecule has 5 rings (SSSR count). The number of alkyl carbamates (subject to hydrolysis) is 1. The number of carbonyl (C=O) groups excluding carboxylic acids is 2. The first-order valence-electron chi connectivity index (χ1n) is 17.0. The third-order valence-corrected chi connectivity index (χ3v) is 10.5. The van der Waals surface area contributed by atoms with Crippen LogP contribution in [-0.2, 0) is 25.5 Å². The van der Waals surface area contributed by atoms with Crippen LogP contribution in [0, 0.1) is 0 Å². The number of piperidine rings is 1. The predicted molar refractivity (Wildman–Crippen MR) is 185 cm³/mol. The molecule has 2 amide bonds. The van der Waals surface area contributed by atoms with Crippen LogP contribution in [0.5, 0.6) is 5.75 Å². The van der Waals surface area contributed by atoms with E-state index in [1.165, 1.54) is 18.2 Å². The van der Waals surface area contributed by atoms with E-state index in [4.69, 9.17) is 9.47 Å². The van der Waals surface area contributed by atoms with Gasteiger partial charge in [-0.05, 0) is 99.9 Å². The molecule has 52 heavy (non-hydrogen) atoms. The molecule has 1 aliphatic carbocycles. The number of sulfonamides is 1. The van der Waals surface area contributed by atoms with Gasteiger partial charge in [0.05, 0.1) is 16.6 Å². The highest BCUT2D eigenvalue weighted by atomic mass is 32.2. The molecule has 1 atom stereocenters. The Morgan fingerprint density at radius 1 is 0.865 bits per heavy atom. The topological polar surface area (TPSA) is 114 Å². The highest BCUT2D eigenvalue weighted by molar-refractivity contribution is 7.89. The number of hydrogen-bond donors (Lipinski definition) is 2. The zero-order valence-corrected chi connectivity index (χ0v) is 29.9. The summed E-state index contributed by atoms with van der Waals surface area (Å²) >= 11 is 0. The molecule has 1 saturated carbocycles. The van der Waals surface area contributed by atoms with Gasteiger partial charge in [0.25, 0.3) is 5.92 Å². The number of ether oxygens (including phenoxy) is 2. The fourth-order valence-corrected chi connectivity index (χ4v) is 7.49. The van der Waals surface area contributed by atoms with E-state index in [2.05, 4.69) is 11.9 Å². The fourth-order valence-electron chi connectivity index (χ4n) is 6.27. The van der Waals surface area contributed by atoms with Gasteiger partial charge in [0.2, 0.25) is 15.9 Å². The number of carbonyl (C=O) groups is 2. The average Bonchev–Trinajstić information content (AvgIpc) is 3.58. The fraction of sp³-hybridized carbons (Fsp3) is 0.459. The van der Waals surface area contributed by atoms with Crippen LogP contribution < -0.4 is 14.8 Å². The lowest BCUT2D eigenvalue weighted by molar-refractivity contribution is -0.145. The lowest BCUT2D eigenvalue weighted by Crippen LogP contribution is -2.58. The van der Waals surface area contributed by atoms with Crippen molar-refractivity contribution in [2.75, 3.05) is 13.1 Å². The molecule has 0 spiro atoms. The minimum Gasteiger partial charge on any atom is -0.490 e. The van der Waals surface area contributed by atoms with Gasteiger partial charge in [-0.1, -0.05) is 43.0 Å². The Morgan fingerprint density at radius 2 is 1.46 bits per heavy atom. The number of amides is 2. The number of rotatable bonds is 10. The molecule has 0 aromatic heterocycles. The Morgan fingerprint density at radius 3 is 2.06 bits per heavy atom. The van der Waals surface area contributed by atoms with Gasteiger partial charge in [-0.2, -0.15) is 26.7 Å². The summed E-state index contributed by atoms with van der Waals surface area (Å²) in [5.41, 5.74) is -3.37. The number of likely N-dealkylation sites (tertiary alicyclic amines) is 1. The first-order chi connectivity index (χ1) is 24.2. The molecule has 1 unspecified atom stereocenters. The maximum Gasteiger partial charge on any atom is 0.416 e. The van der Waals surface area contributed by atoms with E-state index in [9.17, 15) is 31.2 Å². The van der Waals surface area contributed by atoms with Gasteiger partial charge in [-0.25, -0.2) is 13.2 Å². The highest BCUT2D eigenvalue weighted by Crippen LogP contribution is 2.38. The number of nitrogens with one attached hydrogen (secondary N) is 2. The Labute approximate surface area is 299 Å². The number of hydrogen-bond acceptors (Lipinski definition) is 6. The highest BCUT2D eigenvalue weighted by Gasteiger charge is 2.50. The lowest BCUT2D eigenvalue weighted by Gasteiger charge is -2.36. The molecule has 0 radical (unpaired) electrons. The monoisotopic (exact) mass is 751 g/mol. The summed E-state index contributed by atoms with van der Waals surface area (Å²) in [6, 6.07) is 9.02. The molecule has 1 aliphatic heterocycles. The van der Waals surface area contributed by atoms with Crippen LogP contribution in [0.25, 0.3) is 16.3 Å². The molecule has 2 aliphatic rings. The van der Waals surface area contributed by atoms with Crippen LogP contribution in [0.2, 0.25) is 0 Å². The summed E-state index contributed by atoms with van der Waals surface area (Å²) in [6.45, 7) is 7.85. The summed E-state index contributed by atoms with van der Waals surface area (Å²) < 4.78 is 113. The van der Waals surface area contributed by atoms with Gasteiger partial charge >= 0.3 is 12.3 Å². The second-order valence-electron chi connectivity index (χ2n) is 14.2. The molecular formula is C37H42F5N3O6S. The Hall–Kier alpha value is -4.24. The number of halogens is 5. The third-order valence-electron chi connectivity index (χ3n) is 9.07. The van der Waals surface area contributed by atoms with E-state index in [0.29, 0.717) is 28.7 Å². The van der Waals surface area contributed by atoms with Crippen molar-refractivity contribution >= 4 is 38.4 Å². The van der Waals surface area contributed by atoms with Crippen LogP contribution in [0.4, 0.5) is 26.7 Å². The summed E-state index contributed by atoms with van der Waals surface area (Å²) in [7, 11) is -4.78. The Kier molecular flexibility index (Phi) is 11.3. The molecule has 15 heteroatoms. The minimum atomic E-state index is -4.81. The second kappa shape index (κ2) is 15.0. The third kappa shape index (κ3) is 9.40. The quantitative estimate of drug-likeness (QED) is 0.206. The summed E-state index contributed by atoms with van der Waals surface area (Å²) in [6.07, 6.45) is -1.01. The van der Waals surface area contributed by atoms with Gasteiger partial charge < -0.3 is 19.7 Å². The largest absolute Gasteiger partial charge is 0.490 e. The van der Waals surface area contributed by atoms with Crippen LogP contribution >= 0.6 is 0 Å². The number of benzene rings is 3. The van der Waals surface area contributed by atoms with Crippen molar-refractivity contribution in [3.8, 4) is 5.75 Å². The van der Waals surface area contributed by atoms with Crippen molar-refractivity contribution in [2.45, 2.75) is 100 Å². The van der Waals surface area contributed by atoms with Crippen LogP contribution in [0.15, 0.2) is 72.1 Å². The van der Waals surface area contributed by atoms with E-state index in [0.717, 1.165) is 42.7 Å². The number of allylic oxidation sites excluding steroid dienone is 1. The Bertz CT molecular complexity index is 1900. The van der Waals surface area contributed by atoms with Crippen molar-refractivity contribution < 1.29 is 49.4 Å². The zero-order chi connectivity index (χ0) is 38.1. The SMILES string of the molecule is C=C(c1ccc(C(F)(F)C(NS(=O)(=O)c2ccc3cc(OC4CCCC4)ccc3c2)C(=O)N2CCC(NC(=O)OC(C)(C)C)CC2)cc1)C(F)(F)F. The van der Waals surface area contributed by atoms with Crippen LogP contribution in [-0.4, -0.2) is 68.4 Å². The van der Waals surface area contributed by atoms with Crippen molar-refractivity contribution in [1.82, 2.24) is 14.9 Å². The summed E-state index contributed by atoms with van der Waals surface area (Å²) in [5.74, 6) is -4.85. The molecule has 2 N–H and O–H groups in total. The number of nitrogens with zero attached hydrogens (tertiary/aromatic N) is 1. The number of alkyl halides is 5. The molecule has 3 aromatic rings. The van der Waals surface area contributed by atoms with Crippen molar-refractivity contribution in [1.29, 1.82) is 0 Å². The molecule has 3 aromatic carbocycles. The maximum absolute atomic E-state index is 16.4. The second-order valence-corrected chi connectivity index (χ2v) is 15.9. The van der Waals surface area contributed by atoms with E-state index in [-0.39, 0.29) is 36.9 Å². The standard InChI is InChI=1S/C37H42F5N3O6S/c1-23(37(40,41)42)24-9-13-27(14-10-24)36(38,39)32(33(46)45-19-17-28(18-20-45)43-34(47)51-35(2,3)4)44-52(48,49)31-16-12-25-21-30(15-11-26(25)22-31)50-29-7-5-6-8-29/h9-16,21-22,28-29,32,44H,1,5-8,17-20H2,2-4H3,(H,43,47). The van der Waals surface area contributed by atoms with E-state index >= 15 is 8.78 Å². The van der Waals surface area contributed by atoms with Crippen LogP contribution in [0.1, 0.15) is 70.4 Å². The van der Waals surface area contributed by atoms with Crippen molar-refractivity contribution in [3.05, 3.63) is 78.4 Å². The van der Waals surface area contributed by atoms with Gasteiger partial charge in [0, 0.05) is 24.7 Å². The molecule has 9 nitrogen and oxygen atoms in total. The van der Waals surface area contributed by atoms with E-state index < -0.39 is 68.5 Å². The van der Waals surface area contributed by atoms with Gasteiger partial charge in [-0.15, -0.1) is 0 Å². The van der Waals surface area contributed by atoms with E-state index in [1.807, 2.05) is 4.72 Å². The predicted octanol–water partition coefficient (Wildman–Crippen LogP) is 7.69. The minimum absolute atomic E-state index is 0.0980. The summed E-state index contributed by atoms with van der Waals surface area (Å²) in [4.78, 5) is 26.8. The smallest absolute Gasteiger partial charge is 0.416 e. The van der Waals surface area contributed by atoms with Crippen molar-refractivity contribution in [3.63, 3.8) is 0 Å². The lowest BCUT2D eigenvalue weighted by atomic mass is 9.96. The molecular weight excluding hydrogens is 709 g/mol. The van der Waals surface area contributed by atoms with Gasteiger partial charge in [-0.3, -0.25) is 4.79 Å². The molecule has 2 fully saturated rings. The molecule has 282 valence electrons. The first kappa shape index (κ1) is 39.0. The van der Waals surface area contributed by atoms with Crippen molar-refractivity contribution in [2.24, 2.45) is 0 Å². The Balaban J connectivity index is 1.40. The first-order valence-corrected chi connectivity index (χ1v) is 18.5. The van der Waals surface area contributed by atoms with Crippen LogP contribution in [0.3, 0.4) is 0 Å². The normalized spacial score (nSPS) is 17.2. The molecule has 1 heterocycles. The average molecular weight is 752 g/mol. The zero-order valence-electron chi connectivity index (χ0n) is 29.1. The molecule has 1 saturated heterocycles. The molecule has 0 bridgehead atoms. The maximum atomic E-state index is 16.4. The van der Waals surface area contributed by atoms with E-state index in [1.54, 1.807) is 39.0 Å². The number of fused-ring (bicyclic) bond motifs is 1. The van der Waals surface area contributed by atoms with Gasteiger partial charge in [0.1, 0.15) is 11.4 Å². The van der Waals surface area contributed by atoms with Gasteiger partial charge in [0.15, 0.2) is 6.04 Å². The summed E-state index contributed by atoms with van der Waals surface area (Å²) in [5, 5.41) is 3.82.